The predicted molar refractivity (Wildman–Crippen MR) is 100 cm³/mol. The number of hydrogen-bond donors (Lipinski definition) is 0. The first-order chi connectivity index (χ1) is 14.0. The Balaban J connectivity index is 1.44. The molecule has 1 unspecified atom stereocenters. The van der Waals surface area contributed by atoms with Crippen molar-refractivity contribution < 1.29 is 9.32 Å². The SMILES string of the molecule is Cn1c(=O)c2c(ncn2CC(=O)N2CCCC2c2nc(C3CC3)no2)n(C)c1=O. The Morgan fingerprint density at radius 1 is 1.21 bits per heavy atom. The molecular weight excluding hydrogens is 378 g/mol. The molecule has 152 valence electrons. The summed E-state index contributed by atoms with van der Waals surface area (Å²) in [5.74, 6) is 1.43. The molecule has 2 aliphatic rings. The molecule has 11 heteroatoms. The molecule has 1 atom stereocenters. The van der Waals surface area contributed by atoms with Crippen LogP contribution in [0.25, 0.3) is 11.2 Å². The van der Waals surface area contributed by atoms with Crippen molar-refractivity contribution in [3.8, 4) is 0 Å². The van der Waals surface area contributed by atoms with Gasteiger partial charge in [0.2, 0.25) is 11.8 Å². The molecule has 11 nitrogen and oxygen atoms in total. The molecule has 1 amide bonds. The molecule has 4 heterocycles. The van der Waals surface area contributed by atoms with Gasteiger partial charge in [0.05, 0.1) is 6.33 Å². The molecule has 1 saturated heterocycles. The minimum atomic E-state index is -0.475. The van der Waals surface area contributed by atoms with Crippen molar-refractivity contribution in [2.24, 2.45) is 14.1 Å². The van der Waals surface area contributed by atoms with E-state index in [0.29, 0.717) is 18.4 Å². The molecule has 29 heavy (non-hydrogen) atoms. The highest BCUT2D eigenvalue weighted by molar-refractivity contribution is 5.79. The summed E-state index contributed by atoms with van der Waals surface area (Å²) in [4.78, 5) is 48.1. The second-order valence-electron chi connectivity index (χ2n) is 7.76. The molecule has 0 spiro atoms. The fourth-order valence-electron chi connectivity index (χ4n) is 3.97. The van der Waals surface area contributed by atoms with E-state index in [1.807, 2.05) is 0 Å². The molecule has 0 N–H and O–H groups in total. The first kappa shape index (κ1) is 17.8. The van der Waals surface area contributed by atoms with E-state index < -0.39 is 11.2 Å². The van der Waals surface area contributed by atoms with E-state index in [0.717, 1.165) is 36.1 Å². The zero-order valence-corrected chi connectivity index (χ0v) is 16.2. The van der Waals surface area contributed by atoms with Crippen LogP contribution in [0.4, 0.5) is 0 Å². The summed E-state index contributed by atoms with van der Waals surface area (Å²) in [6.45, 7) is 0.540. The lowest BCUT2D eigenvalue weighted by atomic mass is 10.2. The van der Waals surface area contributed by atoms with Gasteiger partial charge in [-0.2, -0.15) is 4.98 Å². The van der Waals surface area contributed by atoms with E-state index in [-0.39, 0.29) is 29.7 Å². The van der Waals surface area contributed by atoms with Crippen LogP contribution >= 0.6 is 0 Å². The van der Waals surface area contributed by atoms with E-state index in [1.165, 1.54) is 22.5 Å². The van der Waals surface area contributed by atoms with Gasteiger partial charge >= 0.3 is 5.69 Å². The van der Waals surface area contributed by atoms with E-state index in [4.69, 9.17) is 4.52 Å². The topological polar surface area (TPSA) is 121 Å². The molecule has 1 aliphatic heterocycles. The number of fused-ring (bicyclic) bond motifs is 1. The van der Waals surface area contributed by atoms with Crippen LogP contribution in [0.5, 0.6) is 0 Å². The lowest BCUT2D eigenvalue weighted by molar-refractivity contribution is -0.133. The van der Waals surface area contributed by atoms with Crippen LogP contribution in [-0.2, 0) is 25.4 Å². The van der Waals surface area contributed by atoms with Crippen LogP contribution in [0.1, 0.15) is 49.4 Å². The van der Waals surface area contributed by atoms with Gasteiger partial charge in [0, 0.05) is 26.6 Å². The van der Waals surface area contributed by atoms with E-state index in [9.17, 15) is 14.4 Å². The second kappa shape index (κ2) is 6.39. The Morgan fingerprint density at radius 3 is 2.76 bits per heavy atom. The number of aromatic nitrogens is 6. The predicted octanol–water partition coefficient (Wildman–Crippen LogP) is 0.0578. The van der Waals surface area contributed by atoms with Crippen LogP contribution < -0.4 is 11.2 Å². The van der Waals surface area contributed by atoms with Crippen molar-refractivity contribution in [1.29, 1.82) is 0 Å². The summed E-state index contributed by atoms with van der Waals surface area (Å²) in [7, 11) is 2.96. The van der Waals surface area contributed by atoms with Gasteiger partial charge in [0.25, 0.3) is 5.56 Å². The zero-order chi connectivity index (χ0) is 20.3. The summed E-state index contributed by atoms with van der Waals surface area (Å²) in [6.07, 6.45) is 5.19. The Kier molecular flexibility index (Phi) is 3.93. The van der Waals surface area contributed by atoms with Crippen LogP contribution in [-0.4, -0.2) is 46.2 Å². The Labute approximate surface area is 164 Å². The highest BCUT2D eigenvalue weighted by Crippen LogP contribution is 2.39. The van der Waals surface area contributed by atoms with Crippen molar-refractivity contribution in [2.75, 3.05) is 6.54 Å². The van der Waals surface area contributed by atoms with Crippen LogP contribution in [0, 0.1) is 0 Å². The van der Waals surface area contributed by atoms with Crippen molar-refractivity contribution in [3.63, 3.8) is 0 Å². The van der Waals surface area contributed by atoms with Crippen molar-refractivity contribution in [3.05, 3.63) is 38.9 Å². The number of carbonyl (C=O) groups is 1. The molecule has 3 aromatic heterocycles. The minimum absolute atomic E-state index is 0.0515. The van der Waals surface area contributed by atoms with Crippen LogP contribution in [0.2, 0.25) is 0 Å². The number of nitrogens with zero attached hydrogens (tertiary/aromatic N) is 7. The molecule has 1 aliphatic carbocycles. The molecule has 0 bridgehead atoms. The molecule has 3 aromatic rings. The minimum Gasteiger partial charge on any atom is -0.337 e. The quantitative estimate of drug-likeness (QED) is 0.608. The van der Waals surface area contributed by atoms with Gasteiger partial charge < -0.3 is 14.0 Å². The molecule has 0 aromatic carbocycles. The third-order valence-electron chi connectivity index (χ3n) is 5.78. The van der Waals surface area contributed by atoms with Gasteiger partial charge in [-0.05, 0) is 25.7 Å². The van der Waals surface area contributed by atoms with E-state index in [1.54, 1.807) is 11.9 Å². The fourth-order valence-corrected chi connectivity index (χ4v) is 3.97. The monoisotopic (exact) mass is 399 g/mol. The smallest absolute Gasteiger partial charge is 0.332 e. The first-order valence-electron chi connectivity index (χ1n) is 9.69. The van der Waals surface area contributed by atoms with Gasteiger partial charge in [-0.3, -0.25) is 18.7 Å². The maximum atomic E-state index is 13.1. The maximum absolute atomic E-state index is 13.1. The number of likely N-dealkylation sites (tertiary alicyclic amines) is 1. The third kappa shape index (κ3) is 2.79. The third-order valence-corrected chi connectivity index (χ3v) is 5.78. The number of aryl methyl sites for hydroxylation is 1. The summed E-state index contributed by atoms with van der Waals surface area (Å²) >= 11 is 0. The Hall–Kier alpha value is -3.24. The maximum Gasteiger partial charge on any atom is 0.332 e. The summed E-state index contributed by atoms with van der Waals surface area (Å²) in [5.41, 5.74) is -0.443. The van der Waals surface area contributed by atoms with Crippen molar-refractivity contribution >= 4 is 17.1 Å². The lowest BCUT2D eigenvalue weighted by Crippen LogP contribution is -2.38. The second-order valence-corrected chi connectivity index (χ2v) is 7.76. The molecular formula is C18H21N7O4. The van der Waals surface area contributed by atoms with Gasteiger partial charge in [-0.25, -0.2) is 9.78 Å². The van der Waals surface area contributed by atoms with Crippen molar-refractivity contribution in [2.45, 2.75) is 44.2 Å². The first-order valence-corrected chi connectivity index (χ1v) is 9.69. The number of amides is 1. The van der Waals surface area contributed by atoms with Crippen LogP contribution in [0.15, 0.2) is 20.4 Å². The highest BCUT2D eigenvalue weighted by atomic mass is 16.5. The fraction of sp³-hybridized carbons (Fsp3) is 0.556. The van der Waals surface area contributed by atoms with Gasteiger partial charge in [-0.15, -0.1) is 0 Å². The van der Waals surface area contributed by atoms with E-state index in [2.05, 4.69) is 15.1 Å². The molecule has 5 rings (SSSR count). The zero-order valence-electron chi connectivity index (χ0n) is 16.2. The van der Waals surface area contributed by atoms with Crippen LogP contribution in [0.3, 0.4) is 0 Å². The lowest BCUT2D eigenvalue weighted by Gasteiger charge is -2.22. The van der Waals surface area contributed by atoms with Gasteiger partial charge in [-0.1, -0.05) is 5.16 Å². The standard InChI is InChI=1S/C18H21N7O4/c1-22-15-13(17(27)23(2)18(22)28)24(9-19-15)8-12(26)25-7-3-4-11(25)16-20-14(21-29-16)10-5-6-10/h9-11H,3-8H2,1-2H3. The summed E-state index contributed by atoms with van der Waals surface area (Å²) in [5, 5.41) is 4.06. The highest BCUT2D eigenvalue weighted by Gasteiger charge is 2.36. The van der Waals surface area contributed by atoms with Gasteiger partial charge in [0.15, 0.2) is 17.0 Å². The number of hydrogen-bond acceptors (Lipinski definition) is 7. The van der Waals surface area contributed by atoms with E-state index >= 15 is 0 Å². The Bertz CT molecular complexity index is 1230. The average molecular weight is 399 g/mol. The molecule has 1 saturated carbocycles. The molecule has 0 radical (unpaired) electrons. The van der Waals surface area contributed by atoms with Gasteiger partial charge in [0.1, 0.15) is 12.6 Å². The normalized spacial score (nSPS) is 19.4. The summed E-state index contributed by atoms with van der Waals surface area (Å²) in [6, 6.07) is -0.246. The number of rotatable bonds is 4. The number of imidazole rings is 1. The molecule has 2 fully saturated rings. The largest absolute Gasteiger partial charge is 0.337 e. The van der Waals surface area contributed by atoms with Crippen molar-refractivity contribution in [1.82, 2.24) is 33.7 Å². The summed E-state index contributed by atoms with van der Waals surface area (Å²) < 4.78 is 9.25. The average Bonchev–Trinajstić information content (AvgIpc) is 3.12. The Morgan fingerprint density at radius 2 is 2.00 bits per heavy atom. The number of carbonyl (C=O) groups excluding carboxylic acids is 1.